The van der Waals surface area contributed by atoms with Gasteiger partial charge in [-0.15, -0.1) is 0 Å². The number of halogens is 11. The largest absolute Gasteiger partial charge is 0.462 e. The first kappa shape index (κ1) is 22.4. The molecule has 0 aliphatic carbocycles. The van der Waals surface area contributed by atoms with Crippen LogP contribution in [0, 0.1) is 0 Å². The second-order valence-corrected chi connectivity index (χ2v) is 4.27. The van der Waals surface area contributed by atoms with Crippen molar-refractivity contribution in [3.63, 3.8) is 0 Å². The lowest BCUT2D eigenvalue weighted by Gasteiger charge is -2.34. The molecule has 0 amide bonds. The molecular formula is C10H7F11O3. The van der Waals surface area contributed by atoms with Crippen molar-refractivity contribution in [3.8, 4) is 0 Å². The van der Waals surface area contributed by atoms with E-state index in [0.717, 1.165) is 6.92 Å². The third kappa shape index (κ3) is 4.48. The molecule has 1 atom stereocenters. The monoisotopic (exact) mass is 384 g/mol. The van der Waals surface area contributed by atoms with Crippen LogP contribution in [0.3, 0.4) is 0 Å². The molecular weight excluding hydrogens is 377 g/mol. The average molecular weight is 384 g/mol. The van der Waals surface area contributed by atoms with Crippen molar-refractivity contribution in [2.75, 3.05) is 6.61 Å². The van der Waals surface area contributed by atoms with Crippen LogP contribution in [0.2, 0.25) is 0 Å². The van der Waals surface area contributed by atoms with Crippen LogP contribution in [0.15, 0.2) is 12.2 Å². The summed E-state index contributed by atoms with van der Waals surface area (Å²) < 4.78 is 142. The Morgan fingerprint density at radius 3 is 1.58 bits per heavy atom. The lowest BCUT2D eigenvalue weighted by molar-refractivity contribution is -0.485. The van der Waals surface area contributed by atoms with Crippen molar-refractivity contribution in [1.29, 1.82) is 0 Å². The zero-order valence-corrected chi connectivity index (χ0v) is 11.3. The van der Waals surface area contributed by atoms with Crippen molar-refractivity contribution in [3.05, 3.63) is 12.2 Å². The Morgan fingerprint density at radius 1 is 0.875 bits per heavy atom. The minimum absolute atomic E-state index is 0.646. The Labute approximate surface area is 126 Å². The fraction of sp³-hybridized carbons (Fsp3) is 0.700. The predicted molar refractivity (Wildman–Crippen MR) is 52.7 cm³/mol. The van der Waals surface area contributed by atoms with Gasteiger partial charge < -0.3 is 4.74 Å². The molecule has 0 rings (SSSR count). The molecule has 14 heteroatoms. The van der Waals surface area contributed by atoms with E-state index >= 15 is 0 Å². The maximum Gasteiger partial charge on any atom is 0.462 e. The van der Waals surface area contributed by atoms with E-state index in [-0.39, 0.29) is 0 Å². The topological polar surface area (TPSA) is 35.5 Å². The number of hydrogen-bond acceptors (Lipinski definition) is 3. The van der Waals surface area contributed by atoms with Gasteiger partial charge in [-0.3, -0.25) is 4.74 Å². The summed E-state index contributed by atoms with van der Waals surface area (Å²) in [6.45, 7) is 0.892. The van der Waals surface area contributed by atoms with Gasteiger partial charge in [0, 0.05) is 5.57 Å². The van der Waals surface area contributed by atoms with Crippen LogP contribution in [-0.2, 0) is 14.3 Å². The van der Waals surface area contributed by atoms with Crippen molar-refractivity contribution < 1.29 is 62.6 Å². The molecule has 0 saturated carbocycles. The van der Waals surface area contributed by atoms with E-state index in [9.17, 15) is 53.1 Å². The zero-order chi connectivity index (χ0) is 19.8. The van der Waals surface area contributed by atoms with Crippen molar-refractivity contribution in [2.45, 2.75) is 37.2 Å². The summed E-state index contributed by atoms with van der Waals surface area (Å²) in [5.41, 5.74) is -0.646. The Kier molecular flexibility index (Phi) is 5.94. The number of rotatable bonds is 6. The minimum Gasteiger partial charge on any atom is -0.456 e. The molecule has 0 fully saturated rings. The molecule has 142 valence electrons. The maximum atomic E-state index is 13.5. The van der Waals surface area contributed by atoms with Gasteiger partial charge in [-0.1, -0.05) is 6.58 Å². The summed E-state index contributed by atoms with van der Waals surface area (Å²) in [6.07, 6.45) is -20.6. The van der Waals surface area contributed by atoms with Crippen molar-refractivity contribution in [2.24, 2.45) is 0 Å². The third-order valence-electron chi connectivity index (χ3n) is 2.17. The van der Waals surface area contributed by atoms with Gasteiger partial charge in [0.2, 0.25) is 0 Å². The Bertz CT molecular complexity index is 493. The van der Waals surface area contributed by atoms with Gasteiger partial charge in [0.05, 0.1) is 0 Å². The van der Waals surface area contributed by atoms with Gasteiger partial charge in [0.1, 0.15) is 0 Å². The van der Waals surface area contributed by atoms with Gasteiger partial charge in [-0.25, -0.2) is 4.79 Å². The summed E-state index contributed by atoms with van der Waals surface area (Å²) >= 11 is 0. The van der Waals surface area contributed by atoms with E-state index in [0.29, 0.717) is 0 Å². The smallest absolute Gasteiger partial charge is 0.456 e. The molecule has 0 aromatic rings. The number of alkyl halides is 11. The van der Waals surface area contributed by atoms with E-state index < -0.39 is 48.4 Å². The predicted octanol–water partition coefficient (Wildman–Crippen LogP) is 4.14. The third-order valence-corrected chi connectivity index (χ3v) is 2.17. The summed E-state index contributed by atoms with van der Waals surface area (Å²) in [4.78, 5) is 10.8. The molecule has 0 N–H and O–H groups in total. The minimum atomic E-state index is -7.17. The molecule has 0 radical (unpaired) electrons. The first-order valence-corrected chi connectivity index (χ1v) is 5.39. The summed E-state index contributed by atoms with van der Waals surface area (Å²) in [7, 11) is 0. The van der Waals surface area contributed by atoms with E-state index in [2.05, 4.69) is 16.1 Å². The SMILES string of the molecule is C=C(C)C(=O)OCC(F)(OC(F)(F)C(F)(F)C(F)(F)F)C(F)(F)F. The first-order valence-electron chi connectivity index (χ1n) is 5.39. The lowest BCUT2D eigenvalue weighted by atomic mass is 10.2. The molecule has 24 heavy (non-hydrogen) atoms. The second kappa shape index (κ2) is 6.37. The van der Waals surface area contributed by atoms with Gasteiger partial charge in [-0.2, -0.15) is 48.3 Å². The fourth-order valence-electron chi connectivity index (χ4n) is 0.883. The van der Waals surface area contributed by atoms with Crippen LogP contribution >= 0.6 is 0 Å². The molecule has 0 aromatic carbocycles. The van der Waals surface area contributed by atoms with Crippen LogP contribution in [-0.4, -0.2) is 42.8 Å². The fourth-order valence-corrected chi connectivity index (χ4v) is 0.883. The molecule has 3 nitrogen and oxygen atoms in total. The zero-order valence-electron chi connectivity index (χ0n) is 11.3. The first-order chi connectivity index (χ1) is 10.3. The quantitative estimate of drug-likeness (QED) is 0.392. The molecule has 0 saturated heterocycles. The Balaban J connectivity index is 5.65. The van der Waals surface area contributed by atoms with E-state index in [1.54, 1.807) is 0 Å². The van der Waals surface area contributed by atoms with E-state index in [1.807, 2.05) is 0 Å². The highest BCUT2D eigenvalue weighted by Crippen LogP contribution is 2.50. The Morgan fingerprint density at radius 2 is 1.29 bits per heavy atom. The van der Waals surface area contributed by atoms with E-state index in [1.165, 1.54) is 0 Å². The van der Waals surface area contributed by atoms with Gasteiger partial charge in [-0.05, 0) is 6.92 Å². The van der Waals surface area contributed by atoms with Crippen LogP contribution in [0.25, 0.3) is 0 Å². The highest BCUT2D eigenvalue weighted by molar-refractivity contribution is 5.86. The van der Waals surface area contributed by atoms with Crippen LogP contribution in [0.5, 0.6) is 0 Å². The van der Waals surface area contributed by atoms with Crippen molar-refractivity contribution >= 4 is 5.97 Å². The van der Waals surface area contributed by atoms with Crippen LogP contribution in [0.4, 0.5) is 48.3 Å². The molecule has 0 aromatic heterocycles. The average Bonchev–Trinajstić information content (AvgIpc) is 2.32. The van der Waals surface area contributed by atoms with Crippen molar-refractivity contribution in [1.82, 2.24) is 0 Å². The molecule has 1 unspecified atom stereocenters. The van der Waals surface area contributed by atoms with Crippen LogP contribution in [0.1, 0.15) is 6.92 Å². The van der Waals surface area contributed by atoms with Gasteiger partial charge >= 0.3 is 36.2 Å². The number of hydrogen-bond donors (Lipinski definition) is 0. The Hall–Kier alpha value is -1.60. The van der Waals surface area contributed by atoms with Gasteiger partial charge in [0.15, 0.2) is 6.61 Å². The standard InChI is InChI=1S/C10H7F11O3/c1-4(2)5(22)23-3-6(11,8(14,15)16)24-10(20,21)7(12,13)9(17,18)19/h1,3H2,2H3. The summed E-state index contributed by atoms with van der Waals surface area (Å²) in [5.74, 6) is -14.8. The highest BCUT2D eigenvalue weighted by Gasteiger charge is 2.78. The lowest BCUT2D eigenvalue weighted by Crippen LogP contribution is -2.60. The molecule has 0 spiro atoms. The molecule has 0 aliphatic heterocycles. The number of carbonyl (C=O) groups is 1. The summed E-state index contributed by atoms with van der Waals surface area (Å²) in [5, 5.41) is 0. The molecule has 0 heterocycles. The normalized spacial score (nSPS) is 16.5. The number of carbonyl (C=O) groups excluding carboxylic acids is 1. The van der Waals surface area contributed by atoms with Crippen LogP contribution < -0.4 is 0 Å². The molecule has 0 aliphatic rings. The van der Waals surface area contributed by atoms with E-state index in [4.69, 9.17) is 0 Å². The number of esters is 1. The highest BCUT2D eigenvalue weighted by atomic mass is 19.4. The summed E-state index contributed by atoms with van der Waals surface area (Å²) in [6, 6.07) is 0. The van der Waals surface area contributed by atoms with Gasteiger partial charge in [0.25, 0.3) is 0 Å². The molecule has 0 bridgehead atoms. The number of ether oxygens (including phenoxy) is 2. The second-order valence-electron chi connectivity index (χ2n) is 4.27. The maximum absolute atomic E-state index is 13.5.